The van der Waals surface area contributed by atoms with Crippen LogP contribution in [-0.4, -0.2) is 17.4 Å². The Balaban J connectivity index is 2.11. The third kappa shape index (κ3) is 3.66. The quantitative estimate of drug-likeness (QED) is 0.793. The minimum absolute atomic E-state index is 0.312. The third-order valence-electron chi connectivity index (χ3n) is 2.56. The van der Waals surface area contributed by atoms with Crippen molar-refractivity contribution in [2.45, 2.75) is 6.92 Å². The summed E-state index contributed by atoms with van der Waals surface area (Å²) in [6.07, 6.45) is 1.61. The second-order valence-electron chi connectivity index (χ2n) is 4.04. The predicted octanol–water partition coefficient (Wildman–Crippen LogP) is 3.51. The van der Waals surface area contributed by atoms with Gasteiger partial charge in [0.15, 0.2) is 0 Å². The van der Waals surface area contributed by atoms with E-state index >= 15 is 0 Å². The van der Waals surface area contributed by atoms with Gasteiger partial charge in [0.25, 0.3) is 5.91 Å². The average Bonchev–Trinajstić information content (AvgIpc) is 2.43. The minimum atomic E-state index is -0.333. The van der Waals surface area contributed by atoms with Crippen LogP contribution in [0.25, 0.3) is 0 Å². The summed E-state index contributed by atoms with van der Waals surface area (Å²) in [5.41, 5.74) is 1.74. The highest BCUT2D eigenvalue weighted by Gasteiger charge is 2.10. The number of benzene rings is 1. The topological polar surface area (TPSA) is 54.0 Å². The zero-order chi connectivity index (χ0) is 14.5. The fourth-order valence-corrected chi connectivity index (χ4v) is 2.23. The average molecular weight is 385 g/mol. The summed E-state index contributed by atoms with van der Waals surface area (Å²) < 4.78 is 13.6. The summed E-state index contributed by atoms with van der Waals surface area (Å²) in [6, 6.07) is 7.63. The Labute approximate surface area is 129 Å². The smallest absolute Gasteiger partial charge is 0.274 e. The highest BCUT2D eigenvalue weighted by atomic mass is 127. The number of nitrogens with zero attached hydrogens (tertiary/aromatic N) is 1. The van der Waals surface area contributed by atoms with Crippen LogP contribution in [0, 0.1) is 9.39 Å². The van der Waals surface area contributed by atoms with Crippen LogP contribution < -0.4 is 10.6 Å². The molecule has 20 heavy (non-hydrogen) atoms. The Kier molecular flexibility index (Phi) is 4.89. The lowest BCUT2D eigenvalue weighted by Crippen LogP contribution is -2.14. The molecule has 1 aromatic heterocycles. The molecule has 0 unspecified atom stereocenters. The molecule has 0 saturated heterocycles. The Hall–Kier alpha value is -1.70. The molecule has 2 rings (SSSR count). The molecule has 1 heterocycles. The maximum absolute atomic E-state index is 13.0. The van der Waals surface area contributed by atoms with Gasteiger partial charge in [0.05, 0.1) is 17.6 Å². The lowest BCUT2D eigenvalue weighted by molar-refractivity contribution is 0.102. The summed E-state index contributed by atoms with van der Waals surface area (Å²) in [5.74, 6) is -0.655. The van der Waals surface area contributed by atoms with Gasteiger partial charge in [-0.25, -0.2) is 9.37 Å². The molecule has 1 amide bonds. The van der Waals surface area contributed by atoms with Gasteiger partial charge in [-0.2, -0.15) is 0 Å². The molecule has 0 aliphatic rings. The van der Waals surface area contributed by atoms with Crippen LogP contribution in [-0.2, 0) is 0 Å². The first-order chi connectivity index (χ1) is 9.60. The van der Waals surface area contributed by atoms with Crippen molar-refractivity contribution in [3.63, 3.8) is 0 Å². The van der Waals surface area contributed by atoms with E-state index < -0.39 is 0 Å². The van der Waals surface area contributed by atoms with Crippen LogP contribution in [0.2, 0.25) is 0 Å². The molecular weight excluding hydrogens is 372 g/mol. The van der Waals surface area contributed by atoms with Gasteiger partial charge in [-0.1, -0.05) is 0 Å². The summed E-state index contributed by atoms with van der Waals surface area (Å²) in [6.45, 7) is 2.78. The fourth-order valence-electron chi connectivity index (χ4n) is 1.61. The minimum Gasteiger partial charge on any atom is -0.384 e. The number of nitrogens with one attached hydrogen (secondary N) is 2. The Morgan fingerprint density at radius 3 is 2.75 bits per heavy atom. The number of anilines is 2. The number of amides is 1. The molecule has 2 N–H and O–H groups in total. The second kappa shape index (κ2) is 6.65. The molecular formula is C14H13FIN3O. The van der Waals surface area contributed by atoms with E-state index in [0.29, 0.717) is 15.0 Å². The van der Waals surface area contributed by atoms with Crippen LogP contribution in [0.1, 0.15) is 17.4 Å². The molecule has 104 valence electrons. The van der Waals surface area contributed by atoms with Crippen LogP contribution in [0.15, 0.2) is 36.5 Å². The van der Waals surface area contributed by atoms with Gasteiger partial charge < -0.3 is 10.6 Å². The zero-order valence-corrected chi connectivity index (χ0v) is 12.9. The van der Waals surface area contributed by atoms with E-state index in [9.17, 15) is 9.18 Å². The molecule has 0 bridgehead atoms. The van der Waals surface area contributed by atoms with Crippen LogP contribution in [0.4, 0.5) is 15.8 Å². The van der Waals surface area contributed by atoms with E-state index in [0.717, 1.165) is 12.2 Å². The number of aromatic nitrogens is 1. The van der Waals surface area contributed by atoms with E-state index in [1.165, 1.54) is 18.2 Å². The predicted molar refractivity (Wildman–Crippen MR) is 85.5 cm³/mol. The van der Waals surface area contributed by atoms with Crippen LogP contribution >= 0.6 is 22.6 Å². The van der Waals surface area contributed by atoms with Crippen molar-refractivity contribution in [3.05, 3.63) is 51.6 Å². The van der Waals surface area contributed by atoms with Crippen molar-refractivity contribution in [3.8, 4) is 0 Å². The number of pyridine rings is 1. The molecule has 0 atom stereocenters. The molecule has 2 aromatic rings. The van der Waals surface area contributed by atoms with E-state index in [4.69, 9.17) is 0 Å². The number of halogens is 2. The lowest BCUT2D eigenvalue weighted by Gasteiger charge is -2.08. The van der Waals surface area contributed by atoms with Crippen molar-refractivity contribution >= 4 is 39.9 Å². The van der Waals surface area contributed by atoms with Crippen molar-refractivity contribution in [1.82, 2.24) is 4.98 Å². The van der Waals surface area contributed by atoms with Gasteiger partial charge >= 0.3 is 0 Å². The van der Waals surface area contributed by atoms with Gasteiger partial charge in [0, 0.05) is 10.1 Å². The van der Waals surface area contributed by atoms with E-state index in [1.807, 2.05) is 29.5 Å². The lowest BCUT2D eigenvalue weighted by atomic mass is 10.2. The summed E-state index contributed by atoms with van der Waals surface area (Å²) in [4.78, 5) is 16.1. The summed E-state index contributed by atoms with van der Waals surface area (Å²) in [7, 11) is 0. The van der Waals surface area contributed by atoms with Gasteiger partial charge in [0.2, 0.25) is 0 Å². The maximum Gasteiger partial charge on any atom is 0.274 e. The van der Waals surface area contributed by atoms with Crippen LogP contribution in [0.3, 0.4) is 0 Å². The van der Waals surface area contributed by atoms with Crippen molar-refractivity contribution < 1.29 is 9.18 Å². The Morgan fingerprint density at radius 2 is 2.15 bits per heavy atom. The van der Waals surface area contributed by atoms with Gasteiger partial charge in [-0.3, -0.25) is 4.79 Å². The van der Waals surface area contributed by atoms with E-state index in [-0.39, 0.29) is 11.7 Å². The molecule has 4 nitrogen and oxygen atoms in total. The van der Waals surface area contributed by atoms with Crippen LogP contribution in [0.5, 0.6) is 0 Å². The Bertz CT molecular complexity index is 616. The van der Waals surface area contributed by atoms with Crippen molar-refractivity contribution in [2.24, 2.45) is 0 Å². The normalized spacial score (nSPS) is 10.2. The second-order valence-corrected chi connectivity index (χ2v) is 5.20. The van der Waals surface area contributed by atoms with Crippen molar-refractivity contribution in [1.29, 1.82) is 0 Å². The van der Waals surface area contributed by atoms with E-state index in [2.05, 4.69) is 15.6 Å². The van der Waals surface area contributed by atoms with Gasteiger partial charge in [-0.05, 0) is 59.8 Å². The fraction of sp³-hybridized carbons (Fsp3) is 0.143. The monoisotopic (exact) mass is 385 g/mol. The first kappa shape index (κ1) is 14.7. The SMILES string of the molecule is CCNc1ccc(C(=O)Nc2ccc(F)cc2I)nc1. The molecule has 0 aliphatic heterocycles. The number of carbonyl (C=O) groups is 1. The number of hydrogen-bond donors (Lipinski definition) is 2. The molecule has 0 fully saturated rings. The summed E-state index contributed by atoms with van der Waals surface area (Å²) in [5, 5.41) is 5.81. The first-order valence-corrected chi connectivity index (χ1v) is 7.14. The molecule has 0 saturated carbocycles. The highest BCUT2D eigenvalue weighted by Crippen LogP contribution is 2.19. The maximum atomic E-state index is 13.0. The molecule has 0 spiro atoms. The zero-order valence-electron chi connectivity index (χ0n) is 10.8. The third-order valence-corrected chi connectivity index (χ3v) is 3.45. The molecule has 0 aliphatic carbocycles. The number of rotatable bonds is 4. The van der Waals surface area contributed by atoms with Gasteiger partial charge in [0.1, 0.15) is 11.5 Å². The molecule has 0 radical (unpaired) electrons. The number of hydrogen-bond acceptors (Lipinski definition) is 3. The number of carbonyl (C=O) groups excluding carboxylic acids is 1. The summed E-state index contributed by atoms with van der Waals surface area (Å²) >= 11 is 1.97. The first-order valence-electron chi connectivity index (χ1n) is 6.06. The van der Waals surface area contributed by atoms with Crippen molar-refractivity contribution in [2.75, 3.05) is 17.2 Å². The van der Waals surface area contributed by atoms with E-state index in [1.54, 1.807) is 18.3 Å². The Morgan fingerprint density at radius 1 is 1.35 bits per heavy atom. The molecule has 6 heteroatoms. The molecule has 1 aromatic carbocycles. The largest absolute Gasteiger partial charge is 0.384 e. The highest BCUT2D eigenvalue weighted by molar-refractivity contribution is 14.1. The standard InChI is InChI=1S/C14H13FIN3O/c1-2-17-10-4-6-13(18-8-10)14(20)19-12-5-3-9(15)7-11(12)16/h3-8,17H,2H2,1H3,(H,19,20). The van der Waals surface area contributed by atoms with Gasteiger partial charge in [-0.15, -0.1) is 0 Å².